The van der Waals surface area contributed by atoms with Crippen molar-refractivity contribution in [2.24, 2.45) is 0 Å². The van der Waals surface area contributed by atoms with Gasteiger partial charge in [0.25, 0.3) is 11.6 Å². The van der Waals surface area contributed by atoms with Crippen molar-refractivity contribution in [2.45, 2.75) is 6.92 Å². The van der Waals surface area contributed by atoms with Crippen LogP contribution in [-0.2, 0) is 0 Å². The molecule has 2 rings (SSSR count). The number of amides is 1. The standard InChI is InChI=1S/C13H11FN4O3/c1-7-9(3-2-6-16-7)17-13(19)11-8(14)4-5-10(12(11)15)18(20)21/h2-6H,15H2,1H3,(H,17,19). The third-order valence-electron chi connectivity index (χ3n) is 2.85. The molecule has 0 spiro atoms. The van der Waals surface area contributed by atoms with Crippen LogP contribution in [0.15, 0.2) is 30.5 Å². The van der Waals surface area contributed by atoms with Crippen LogP contribution in [0.5, 0.6) is 0 Å². The summed E-state index contributed by atoms with van der Waals surface area (Å²) in [7, 11) is 0. The highest BCUT2D eigenvalue weighted by Gasteiger charge is 2.24. The number of nitrogens with zero attached hydrogens (tertiary/aromatic N) is 2. The fraction of sp³-hybridized carbons (Fsp3) is 0.0769. The Morgan fingerprint density at radius 3 is 2.76 bits per heavy atom. The number of aromatic nitrogens is 1. The van der Waals surface area contributed by atoms with Crippen molar-refractivity contribution in [1.29, 1.82) is 0 Å². The molecule has 8 heteroatoms. The number of nitrogens with two attached hydrogens (primary N) is 1. The predicted octanol–water partition coefficient (Wildman–Crippen LogP) is 2.27. The summed E-state index contributed by atoms with van der Waals surface area (Å²) in [6.45, 7) is 1.66. The number of benzene rings is 1. The van der Waals surface area contributed by atoms with Gasteiger partial charge >= 0.3 is 0 Å². The molecule has 0 aliphatic carbocycles. The molecule has 0 aliphatic heterocycles. The normalized spacial score (nSPS) is 10.2. The molecule has 1 aromatic heterocycles. The topological polar surface area (TPSA) is 111 Å². The van der Waals surface area contributed by atoms with Gasteiger partial charge in [-0.3, -0.25) is 19.9 Å². The van der Waals surface area contributed by atoms with Gasteiger partial charge in [-0.1, -0.05) is 0 Å². The van der Waals surface area contributed by atoms with Crippen LogP contribution < -0.4 is 11.1 Å². The Balaban J connectivity index is 2.42. The van der Waals surface area contributed by atoms with E-state index in [9.17, 15) is 19.3 Å². The number of carbonyl (C=O) groups is 1. The number of nitro benzene ring substituents is 1. The second kappa shape index (κ2) is 5.53. The fourth-order valence-corrected chi connectivity index (χ4v) is 1.77. The molecule has 108 valence electrons. The molecule has 3 N–H and O–H groups in total. The van der Waals surface area contributed by atoms with Gasteiger partial charge in [-0.05, 0) is 25.1 Å². The zero-order valence-corrected chi connectivity index (χ0v) is 11.0. The number of nitro groups is 1. The summed E-state index contributed by atoms with van der Waals surface area (Å²) in [4.78, 5) is 26.1. The number of hydrogen-bond donors (Lipinski definition) is 2. The van der Waals surface area contributed by atoms with E-state index in [4.69, 9.17) is 5.73 Å². The number of aryl methyl sites for hydroxylation is 1. The minimum absolute atomic E-state index is 0.368. The Hall–Kier alpha value is -3.03. The summed E-state index contributed by atoms with van der Waals surface area (Å²) in [6, 6.07) is 4.91. The van der Waals surface area contributed by atoms with Crippen LogP contribution in [0.3, 0.4) is 0 Å². The van der Waals surface area contributed by atoms with Crippen LogP contribution in [0.2, 0.25) is 0 Å². The number of pyridine rings is 1. The fourth-order valence-electron chi connectivity index (χ4n) is 1.77. The lowest BCUT2D eigenvalue weighted by Crippen LogP contribution is -2.17. The Labute approximate surface area is 118 Å². The maximum Gasteiger partial charge on any atom is 0.293 e. The lowest BCUT2D eigenvalue weighted by molar-refractivity contribution is -0.384. The van der Waals surface area contributed by atoms with Crippen molar-refractivity contribution in [3.8, 4) is 0 Å². The van der Waals surface area contributed by atoms with Crippen LogP contribution in [0.25, 0.3) is 0 Å². The molecule has 7 nitrogen and oxygen atoms in total. The van der Waals surface area contributed by atoms with E-state index in [1.165, 1.54) is 6.20 Å². The van der Waals surface area contributed by atoms with Gasteiger partial charge in [0.1, 0.15) is 17.1 Å². The summed E-state index contributed by atoms with van der Waals surface area (Å²) in [5, 5.41) is 13.2. The van der Waals surface area contributed by atoms with Gasteiger partial charge in [-0.2, -0.15) is 0 Å². The number of hydrogen-bond acceptors (Lipinski definition) is 5. The van der Waals surface area contributed by atoms with Crippen LogP contribution in [0.4, 0.5) is 21.5 Å². The molecule has 0 saturated heterocycles. The summed E-state index contributed by atoms with van der Waals surface area (Å²) in [5.41, 5.74) is 4.81. The van der Waals surface area contributed by atoms with E-state index in [-0.39, 0.29) is 0 Å². The molecule has 1 heterocycles. The van der Waals surface area contributed by atoms with Gasteiger partial charge in [-0.15, -0.1) is 0 Å². The lowest BCUT2D eigenvalue weighted by atomic mass is 10.1. The van der Waals surface area contributed by atoms with Crippen molar-refractivity contribution >= 4 is 23.0 Å². The van der Waals surface area contributed by atoms with Crippen LogP contribution in [0, 0.1) is 22.9 Å². The number of carbonyl (C=O) groups excluding carboxylic acids is 1. The summed E-state index contributed by atoms with van der Waals surface area (Å²) in [6.07, 6.45) is 1.54. The summed E-state index contributed by atoms with van der Waals surface area (Å²) < 4.78 is 13.8. The van der Waals surface area contributed by atoms with E-state index >= 15 is 0 Å². The van der Waals surface area contributed by atoms with Gasteiger partial charge in [0.15, 0.2) is 0 Å². The third kappa shape index (κ3) is 2.78. The van der Waals surface area contributed by atoms with E-state index < -0.39 is 33.6 Å². The average molecular weight is 290 g/mol. The molecule has 0 saturated carbocycles. The van der Waals surface area contributed by atoms with E-state index in [1.807, 2.05) is 0 Å². The first-order valence-electron chi connectivity index (χ1n) is 5.87. The van der Waals surface area contributed by atoms with Crippen LogP contribution in [0.1, 0.15) is 16.1 Å². The second-order valence-electron chi connectivity index (χ2n) is 4.20. The van der Waals surface area contributed by atoms with Crippen LogP contribution >= 0.6 is 0 Å². The first kappa shape index (κ1) is 14.4. The first-order chi connectivity index (χ1) is 9.91. The molecule has 2 aromatic rings. The molecule has 0 bridgehead atoms. The zero-order valence-electron chi connectivity index (χ0n) is 11.0. The predicted molar refractivity (Wildman–Crippen MR) is 74.4 cm³/mol. The SMILES string of the molecule is Cc1ncccc1NC(=O)c1c(F)ccc([N+](=O)[O-])c1N. The second-order valence-corrected chi connectivity index (χ2v) is 4.20. The Kier molecular flexibility index (Phi) is 3.79. The Bertz CT molecular complexity index is 733. The number of rotatable bonds is 3. The van der Waals surface area contributed by atoms with E-state index in [1.54, 1.807) is 19.1 Å². The van der Waals surface area contributed by atoms with Gasteiger partial charge in [0.2, 0.25) is 0 Å². The number of nitrogen functional groups attached to an aromatic ring is 1. The van der Waals surface area contributed by atoms with Crippen LogP contribution in [-0.4, -0.2) is 15.8 Å². The number of nitrogens with one attached hydrogen (secondary N) is 1. The van der Waals surface area contributed by atoms with E-state index in [0.717, 1.165) is 12.1 Å². The summed E-state index contributed by atoms with van der Waals surface area (Å²) in [5.74, 6) is -1.80. The monoisotopic (exact) mass is 290 g/mol. The van der Waals surface area contributed by atoms with Crippen molar-refractivity contribution < 1.29 is 14.1 Å². The Morgan fingerprint density at radius 2 is 2.14 bits per heavy atom. The molecule has 0 fully saturated rings. The maximum atomic E-state index is 13.8. The maximum absolute atomic E-state index is 13.8. The molecule has 1 aromatic carbocycles. The lowest BCUT2D eigenvalue weighted by Gasteiger charge is -2.10. The minimum atomic E-state index is -0.933. The first-order valence-corrected chi connectivity index (χ1v) is 5.87. The van der Waals surface area contributed by atoms with E-state index in [0.29, 0.717) is 11.4 Å². The minimum Gasteiger partial charge on any atom is -0.392 e. The quantitative estimate of drug-likeness (QED) is 0.511. The smallest absolute Gasteiger partial charge is 0.293 e. The number of halogens is 1. The number of anilines is 2. The summed E-state index contributed by atoms with van der Waals surface area (Å²) >= 11 is 0. The molecule has 0 atom stereocenters. The third-order valence-corrected chi connectivity index (χ3v) is 2.85. The molecule has 0 aliphatic rings. The highest BCUT2D eigenvalue weighted by atomic mass is 19.1. The van der Waals surface area contributed by atoms with Gasteiger partial charge in [-0.25, -0.2) is 4.39 Å². The van der Waals surface area contributed by atoms with Crippen molar-refractivity contribution in [3.05, 3.63) is 57.7 Å². The molecule has 0 unspecified atom stereocenters. The molecular weight excluding hydrogens is 279 g/mol. The van der Waals surface area contributed by atoms with Crippen molar-refractivity contribution in [2.75, 3.05) is 11.1 Å². The largest absolute Gasteiger partial charge is 0.392 e. The highest BCUT2D eigenvalue weighted by Crippen LogP contribution is 2.28. The molecule has 0 radical (unpaired) electrons. The van der Waals surface area contributed by atoms with Gasteiger partial charge in [0, 0.05) is 12.3 Å². The highest BCUT2D eigenvalue weighted by molar-refractivity contribution is 6.09. The van der Waals surface area contributed by atoms with Gasteiger partial charge < -0.3 is 11.1 Å². The Morgan fingerprint density at radius 1 is 1.43 bits per heavy atom. The van der Waals surface area contributed by atoms with E-state index in [2.05, 4.69) is 10.3 Å². The molecular formula is C13H11FN4O3. The van der Waals surface area contributed by atoms with Crippen molar-refractivity contribution in [3.63, 3.8) is 0 Å². The van der Waals surface area contributed by atoms with Crippen molar-refractivity contribution in [1.82, 2.24) is 4.98 Å². The molecule has 1 amide bonds. The zero-order chi connectivity index (χ0) is 15.6. The van der Waals surface area contributed by atoms with Gasteiger partial charge in [0.05, 0.1) is 16.3 Å². The molecule has 21 heavy (non-hydrogen) atoms. The average Bonchev–Trinajstić information content (AvgIpc) is 2.41.